The largest absolute Gasteiger partial charge is 0.324 e. The van der Waals surface area contributed by atoms with Crippen LogP contribution in [0.4, 0.5) is 0 Å². The summed E-state index contributed by atoms with van der Waals surface area (Å²) < 4.78 is 50.7. The zero-order valence-electron chi connectivity index (χ0n) is 12.3. The molecule has 1 unspecified atom stereocenters. The van der Waals surface area contributed by atoms with Gasteiger partial charge in [-0.3, -0.25) is 0 Å². The highest BCUT2D eigenvalue weighted by Crippen LogP contribution is 2.15. The average Bonchev–Trinajstić information content (AvgIpc) is 2.38. The van der Waals surface area contributed by atoms with Crippen molar-refractivity contribution in [1.82, 2.24) is 9.03 Å². The van der Waals surface area contributed by atoms with Crippen LogP contribution in [-0.4, -0.2) is 47.5 Å². The van der Waals surface area contributed by atoms with Crippen LogP contribution in [0.15, 0.2) is 29.2 Å². The van der Waals surface area contributed by atoms with Gasteiger partial charge in [0.2, 0.25) is 20.0 Å². The second-order valence-corrected chi connectivity index (χ2v) is 8.93. The second kappa shape index (κ2) is 6.84. The van der Waals surface area contributed by atoms with E-state index in [4.69, 9.17) is 5.73 Å². The first kappa shape index (κ1) is 18.1. The summed E-state index contributed by atoms with van der Waals surface area (Å²) >= 11 is 0. The first-order valence-corrected chi connectivity index (χ1v) is 9.41. The maximum absolute atomic E-state index is 12.1. The molecule has 120 valence electrons. The fraction of sp³-hybridized carbons (Fsp3) is 0.500. The summed E-state index contributed by atoms with van der Waals surface area (Å²) in [7, 11) is -4.39. The van der Waals surface area contributed by atoms with Crippen molar-refractivity contribution in [3.63, 3.8) is 0 Å². The first-order valence-electron chi connectivity index (χ1n) is 6.31. The highest BCUT2D eigenvalue weighted by Gasteiger charge is 2.18. The van der Waals surface area contributed by atoms with Crippen LogP contribution in [0.3, 0.4) is 0 Å². The minimum Gasteiger partial charge on any atom is -0.324 e. The highest BCUT2D eigenvalue weighted by molar-refractivity contribution is 7.90. The van der Waals surface area contributed by atoms with Gasteiger partial charge in [-0.25, -0.2) is 25.9 Å². The van der Waals surface area contributed by atoms with E-state index >= 15 is 0 Å². The maximum atomic E-state index is 12.1. The van der Waals surface area contributed by atoms with Crippen molar-refractivity contribution >= 4 is 20.0 Å². The molecule has 21 heavy (non-hydrogen) atoms. The lowest BCUT2D eigenvalue weighted by molar-refractivity contribution is 0.519. The molecule has 0 aromatic heterocycles. The third-order valence-corrected chi connectivity index (χ3v) is 6.19. The molecular formula is C12H21N3O4S2. The quantitative estimate of drug-likeness (QED) is 0.722. The van der Waals surface area contributed by atoms with Crippen LogP contribution in [0.5, 0.6) is 0 Å². The molecule has 0 aliphatic rings. The normalized spacial score (nSPS) is 14.3. The number of nitrogens with zero attached hydrogens (tertiary/aromatic N) is 1. The molecule has 0 fully saturated rings. The predicted octanol–water partition coefficient (Wildman–Crippen LogP) is -0.124. The highest BCUT2D eigenvalue weighted by atomic mass is 32.2. The standard InChI is InChI=1S/C12H21N3O4S2/c1-10(13)11-5-4-6-12(9-11)21(18,19)14-7-8-20(16,17)15(2)3/h4-6,9-10,14H,7-8,13H2,1-3H3. The van der Waals surface area contributed by atoms with E-state index in [1.807, 2.05) is 0 Å². The summed E-state index contributed by atoms with van der Waals surface area (Å²) in [6.07, 6.45) is 0. The van der Waals surface area contributed by atoms with E-state index in [2.05, 4.69) is 4.72 Å². The number of nitrogens with two attached hydrogens (primary N) is 1. The molecule has 0 saturated heterocycles. The molecule has 7 nitrogen and oxygen atoms in total. The molecule has 3 N–H and O–H groups in total. The predicted molar refractivity (Wildman–Crippen MR) is 81.7 cm³/mol. The summed E-state index contributed by atoms with van der Waals surface area (Å²) in [5.41, 5.74) is 6.41. The lowest BCUT2D eigenvalue weighted by Gasteiger charge is -2.12. The molecule has 1 atom stereocenters. The van der Waals surface area contributed by atoms with Gasteiger partial charge in [0, 0.05) is 26.7 Å². The third kappa shape index (κ3) is 5.04. The van der Waals surface area contributed by atoms with Crippen molar-refractivity contribution in [3.05, 3.63) is 29.8 Å². The lowest BCUT2D eigenvalue weighted by atomic mass is 10.1. The Labute approximate surface area is 126 Å². The van der Waals surface area contributed by atoms with E-state index in [9.17, 15) is 16.8 Å². The third-order valence-electron chi connectivity index (χ3n) is 2.90. The van der Waals surface area contributed by atoms with Gasteiger partial charge in [-0.2, -0.15) is 0 Å². The van der Waals surface area contributed by atoms with Crippen molar-refractivity contribution in [2.24, 2.45) is 5.73 Å². The van der Waals surface area contributed by atoms with E-state index in [0.717, 1.165) is 4.31 Å². The van der Waals surface area contributed by atoms with Gasteiger partial charge in [0.15, 0.2) is 0 Å². The number of nitrogens with one attached hydrogen (secondary N) is 1. The Kier molecular flexibility index (Phi) is 5.88. The molecule has 0 spiro atoms. The van der Waals surface area contributed by atoms with E-state index in [0.29, 0.717) is 5.56 Å². The van der Waals surface area contributed by atoms with Crippen LogP contribution >= 0.6 is 0 Å². The van der Waals surface area contributed by atoms with Crippen LogP contribution in [0.25, 0.3) is 0 Å². The van der Waals surface area contributed by atoms with E-state index in [1.165, 1.54) is 26.2 Å². The fourth-order valence-corrected chi connectivity index (χ4v) is 3.48. The summed E-state index contributed by atoms with van der Waals surface area (Å²) in [6, 6.07) is 5.97. The summed E-state index contributed by atoms with van der Waals surface area (Å²) in [6.45, 7) is 1.56. The first-order chi connectivity index (χ1) is 9.56. The average molecular weight is 335 g/mol. The van der Waals surface area contributed by atoms with Gasteiger partial charge >= 0.3 is 0 Å². The number of hydrogen-bond acceptors (Lipinski definition) is 5. The summed E-state index contributed by atoms with van der Waals surface area (Å²) in [4.78, 5) is 0.0690. The lowest BCUT2D eigenvalue weighted by Crippen LogP contribution is -2.34. The van der Waals surface area contributed by atoms with Crippen molar-refractivity contribution in [1.29, 1.82) is 0 Å². The molecule has 1 rings (SSSR count). The SMILES string of the molecule is CC(N)c1cccc(S(=O)(=O)NCCS(=O)(=O)N(C)C)c1. The van der Waals surface area contributed by atoms with Gasteiger partial charge in [-0.15, -0.1) is 0 Å². The van der Waals surface area contributed by atoms with Crippen molar-refractivity contribution in [2.45, 2.75) is 17.9 Å². The van der Waals surface area contributed by atoms with Crippen LogP contribution in [-0.2, 0) is 20.0 Å². The fourth-order valence-electron chi connectivity index (χ4n) is 1.54. The smallest absolute Gasteiger partial charge is 0.240 e. The zero-order valence-corrected chi connectivity index (χ0v) is 13.9. The molecule has 9 heteroatoms. The van der Waals surface area contributed by atoms with Crippen LogP contribution < -0.4 is 10.5 Å². The Morgan fingerprint density at radius 2 is 1.86 bits per heavy atom. The molecule has 1 aromatic rings. The molecule has 0 bridgehead atoms. The number of benzene rings is 1. The number of rotatable bonds is 7. The Morgan fingerprint density at radius 1 is 1.24 bits per heavy atom. The maximum Gasteiger partial charge on any atom is 0.240 e. The summed E-state index contributed by atoms with van der Waals surface area (Å²) in [5, 5.41) is 0. The van der Waals surface area contributed by atoms with E-state index in [1.54, 1.807) is 19.1 Å². The van der Waals surface area contributed by atoms with Gasteiger partial charge in [0.25, 0.3) is 0 Å². The van der Waals surface area contributed by atoms with Gasteiger partial charge in [0.05, 0.1) is 10.6 Å². The van der Waals surface area contributed by atoms with Gasteiger partial charge in [-0.1, -0.05) is 12.1 Å². The second-order valence-electron chi connectivity index (χ2n) is 4.86. The number of hydrogen-bond donors (Lipinski definition) is 2. The molecule has 0 amide bonds. The molecule has 1 aromatic carbocycles. The Bertz CT molecular complexity index is 682. The molecular weight excluding hydrogens is 314 g/mol. The minimum absolute atomic E-state index is 0.0690. The zero-order chi connectivity index (χ0) is 16.3. The Balaban J connectivity index is 2.81. The molecule has 0 aliphatic carbocycles. The van der Waals surface area contributed by atoms with Crippen LogP contribution in [0.2, 0.25) is 0 Å². The summed E-state index contributed by atoms with van der Waals surface area (Å²) in [5.74, 6) is -0.299. The van der Waals surface area contributed by atoms with Gasteiger partial charge < -0.3 is 5.73 Å². The Hall–Kier alpha value is -1.00. The van der Waals surface area contributed by atoms with Gasteiger partial charge in [0.1, 0.15) is 0 Å². The molecule has 0 radical (unpaired) electrons. The molecule has 0 saturated carbocycles. The van der Waals surface area contributed by atoms with E-state index in [-0.39, 0.29) is 23.2 Å². The number of sulfonamides is 2. The monoisotopic (exact) mass is 335 g/mol. The van der Waals surface area contributed by atoms with Crippen molar-refractivity contribution < 1.29 is 16.8 Å². The molecule has 0 heterocycles. The van der Waals surface area contributed by atoms with Crippen molar-refractivity contribution in [2.75, 3.05) is 26.4 Å². The Morgan fingerprint density at radius 3 is 2.38 bits per heavy atom. The van der Waals surface area contributed by atoms with Crippen molar-refractivity contribution in [3.8, 4) is 0 Å². The van der Waals surface area contributed by atoms with Crippen LogP contribution in [0, 0.1) is 0 Å². The van der Waals surface area contributed by atoms with E-state index < -0.39 is 20.0 Å². The topological polar surface area (TPSA) is 110 Å². The molecule has 0 aliphatic heterocycles. The minimum atomic E-state index is -3.75. The van der Waals surface area contributed by atoms with Crippen LogP contribution in [0.1, 0.15) is 18.5 Å². The van der Waals surface area contributed by atoms with Gasteiger partial charge in [-0.05, 0) is 24.6 Å².